The largest absolute Gasteiger partial charge is 0.392 e. The average molecular weight is 248 g/mol. The SMILES string of the molecule is CCCC1CCCN(c2ncccc2CO)CC1. The van der Waals surface area contributed by atoms with Gasteiger partial charge in [0.05, 0.1) is 6.61 Å². The zero-order valence-electron chi connectivity index (χ0n) is 11.3. The number of nitrogens with zero attached hydrogens (tertiary/aromatic N) is 2. The molecular weight excluding hydrogens is 224 g/mol. The van der Waals surface area contributed by atoms with Crippen LogP contribution in [-0.4, -0.2) is 23.2 Å². The summed E-state index contributed by atoms with van der Waals surface area (Å²) in [6, 6.07) is 3.86. The molecule has 1 saturated heterocycles. The van der Waals surface area contributed by atoms with Crippen LogP contribution < -0.4 is 4.90 Å². The summed E-state index contributed by atoms with van der Waals surface area (Å²) in [5.41, 5.74) is 0.950. The van der Waals surface area contributed by atoms with E-state index in [2.05, 4.69) is 16.8 Å². The summed E-state index contributed by atoms with van der Waals surface area (Å²) in [6.45, 7) is 4.50. The lowest BCUT2D eigenvalue weighted by atomic mass is 9.96. The first-order valence-electron chi connectivity index (χ1n) is 7.14. The van der Waals surface area contributed by atoms with Crippen molar-refractivity contribution in [3.05, 3.63) is 23.9 Å². The lowest BCUT2D eigenvalue weighted by Crippen LogP contribution is -2.26. The summed E-state index contributed by atoms with van der Waals surface area (Å²) >= 11 is 0. The molecule has 3 heteroatoms. The third-order valence-electron chi connectivity index (χ3n) is 3.88. The lowest BCUT2D eigenvalue weighted by molar-refractivity contribution is 0.281. The number of aliphatic hydroxyl groups is 1. The molecule has 0 radical (unpaired) electrons. The van der Waals surface area contributed by atoms with E-state index in [0.717, 1.165) is 30.4 Å². The van der Waals surface area contributed by atoms with Gasteiger partial charge in [0.25, 0.3) is 0 Å². The van der Waals surface area contributed by atoms with E-state index in [9.17, 15) is 5.11 Å². The van der Waals surface area contributed by atoms with E-state index in [4.69, 9.17) is 0 Å². The molecule has 1 aromatic rings. The fourth-order valence-corrected chi connectivity index (χ4v) is 2.91. The smallest absolute Gasteiger partial charge is 0.134 e. The Bertz CT molecular complexity index is 367. The predicted molar refractivity (Wildman–Crippen MR) is 74.6 cm³/mol. The Balaban J connectivity index is 2.05. The quantitative estimate of drug-likeness (QED) is 0.890. The Kier molecular flexibility index (Phi) is 5.00. The molecule has 0 aliphatic carbocycles. The van der Waals surface area contributed by atoms with Crippen LogP contribution in [0.4, 0.5) is 5.82 Å². The van der Waals surface area contributed by atoms with E-state index in [1.807, 2.05) is 18.3 Å². The van der Waals surface area contributed by atoms with Crippen molar-refractivity contribution in [1.82, 2.24) is 4.98 Å². The van der Waals surface area contributed by atoms with Gasteiger partial charge in [0, 0.05) is 24.8 Å². The van der Waals surface area contributed by atoms with E-state index in [-0.39, 0.29) is 6.61 Å². The molecule has 0 aromatic carbocycles. The van der Waals surface area contributed by atoms with Crippen LogP contribution in [0.25, 0.3) is 0 Å². The van der Waals surface area contributed by atoms with Crippen molar-refractivity contribution >= 4 is 5.82 Å². The van der Waals surface area contributed by atoms with Crippen molar-refractivity contribution in [2.45, 2.75) is 45.6 Å². The zero-order chi connectivity index (χ0) is 12.8. The standard InChI is InChI=1S/C15H24N2O/c1-2-5-13-6-4-10-17(11-8-13)15-14(12-18)7-3-9-16-15/h3,7,9,13,18H,2,4-6,8,10-12H2,1H3. The Hall–Kier alpha value is -1.09. The van der Waals surface area contributed by atoms with Crippen molar-refractivity contribution in [3.63, 3.8) is 0 Å². The van der Waals surface area contributed by atoms with Crippen molar-refractivity contribution in [2.24, 2.45) is 5.92 Å². The third-order valence-corrected chi connectivity index (χ3v) is 3.88. The first kappa shape index (κ1) is 13.3. The summed E-state index contributed by atoms with van der Waals surface area (Å²) in [4.78, 5) is 6.80. The first-order valence-corrected chi connectivity index (χ1v) is 7.14. The lowest BCUT2D eigenvalue weighted by Gasteiger charge is -2.23. The number of aromatic nitrogens is 1. The van der Waals surface area contributed by atoms with Gasteiger partial charge < -0.3 is 10.0 Å². The number of hydrogen-bond donors (Lipinski definition) is 1. The molecule has 0 spiro atoms. The van der Waals surface area contributed by atoms with Crippen LogP contribution in [0.3, 0.4) is 0 Å². The van der Waals surface area contributed by atoms with E-state index in [0.29, 0.717) is 0 Å². The van der Waals surface area contributed by atoms with Gasteiger partial charge in [-0.05, 0) is 31.2 Å². The molecule has 1 unspecified atom stereocenters. The molecule has 18 heavy (non-hydrogen) atoms. The maximum Gasteiger partial charge on any atom is 0.134 e. The molecule has 2 rings (SSSR count). The van der Waals surface area contributed by atoms with Gasteiger partial charge in [0.2, 0.25) is 0 Å². The Labute approximate surface area is 110 Å². The molecule has 0 bridgehead atoms. The number of pyridine rings is 1. The Morgan fingerprint density at radius 1 is 1.39 bits per heavy atom. The number of aliphatic hydroxyl groups excluding tert-OH is 1. The van der Waals surface area contributed by atoms with Crippen LogP contribution in [0.1, 0.15) is 44.6 Å². The second kappa shape index (κ2) is 6.74. The summed E-state index contributed by atoms with van der Waals surface area (Å²) in [6.07, 6.45) is 8.30. The Morgan fingerprint density at radius 2 is 2.28 bits per heavy atom. The maximum absolute atomic E-state index is 9.39. The fourth-order valence-electron chi connectivity index (χ4n) is 2.91. The van der Waals surface area contributed by atoms with E-state index >= 15 is 0 Å². The minimum atomic E-state index is 0.0814. The van der Waals surface area contributed by atoms with Crippen molar-refractivity contribution < 1.29 is 5.11 Å². The van der Waals surface area contributed by atoms with Crippen molar-refractivity contribution in [1.29, 1.82) is 0 Å². The molecule has 1 aliphatic heterocycles. The van der Waals surface area contributed by atoms with Crippen LogP contribution in [0.2, 0.25) is 0 Å². The highest BCUT2D eigenvalue weighted by Crippen LogP contribution is 2.26. The van der Waals surface area contributed by atoms with Gasteiger partial charge in [-0.25, -0.2) is 4.98 Å². The van der Waals surface area contributed by atoms with E-state index < -0.39 is 0 Å². The topological polar surface area (TPSA) is 36.4 Å². The Morgan fingerprint density at radius 3 is 3.06 bits per heavy atom. The molecule has 0 amide bonds. The number of rotatable bonds is 4. The van der Waals surface area contributed by atoms with Crippen LogP contribution in [0, 0.1) is 5.92 Å². The minimum absolute atomic E-state index is 0.0814. The molecular formula is C15H24N2O. The highest BCUT2D eigenvalue weighted by Gasteiger charge is 2.18. The highest BCUT2D eigenvalue weighted by atomic mass is 16.3. The van der Waals surface area contributed by atoms with Gasteiger partial charge in [0.1, 0.15) is 5.82 Å². The van der Waals surface area contributed by atoms with Crippen LogP contribution in [0.15, 0.2) is 18.3 Å². The minimum Gasteiger partial charge on any atom is -0.392 e. The van der Waals surface area contributed by atoms with Crippen LogP contribution in [-0.2, 0) is 6.61 Å². The zero-order valence-corrected chi connectivity index (χ0v) is 11.3. The second-order valence-electron chi connectivity index (χ2n) is 5.22. The maximum atomic E-state index is 9.39. The summed E-state index contributed by atoms with van der Waals surface area (Å²) in [5.74, 6) is 1.86. The molecule has 1 aliphatic rings. The van der Waals surface area contributed by atoms with Gasteiger partial charge in [-0.2, -0.15) is 0 Å². The normalized spacial score (nSPS) is 20.8. The molecule has 0 saturated carbocycles. The highest BCUT2D eigenvalue weighted by molar-refractivity contribution is 5.46. The molecule has 1 atom stereocenters. The number of anilines is 1. The molecule has 100 valence electrons. The molecule has 1 aromatic heterocycles. The van der Waals surface area contributed by atoms with Crippen LogP contribution >= 0.6 is 0 Å². The van der Waals surface area contributed by atoms with E-state index in [1.54, 1.807) is 0 Å². The van der Waals surface area contributed by atoms with Crippen molar-refractivity contribution in [2.75, 3.05) is 18.0 Å². The number of hydrogen-bond acceptors (Lipinski definition) is 3. The molecule has 2 heterocycles. The fraction of sp³-hybridized carbons (Fsp3) is 0.667. The van der Waals surface area contributed by atoms with Gasteiger partial charge in [0.15, 0.2) is 0 Å². The molecule has 3 nitrogen and oxygen atoms in total. The van der Waals surface area contributed by atoms with Gasteiger partial charge in [-0.1, -0.05) is 25.8 Å². The second-order valence-corrected chi connectivity index (χ2v) is 5.22. The molecule has 1 N–H and O–H groups in total. The summed E-state index contributed by atoms with van der Waals surface area (Å²) < 4.78 is 0. The van der Waals surface area contributed by atoms with Crippen molar-refractivity contribution in [3.8, 4) is 0 Å². The van der Waals surface area contributed by atoms with Gasteiger partial charge in [-0.15, -0.1) is 0 Å². The predicted octanol–water partition coefficient (Wildman–Crippen LogP) is 2.98. The molecule has 1 fully saturated rings. The monoisotopic (exact) mass is 248 g/mol. The average Bonchev–Trinajstić information content (AvgIpc) is 2.65. The third kappa shape index (κ3) is 3.22. The van der Waals surface area contributed by atoms with Crippen LogP contribution in [0.5, 0.6) is 0 Å². The summed E-state index contributed by atoms with van der Waals surface area (Å²) in [5, 5.41) is 9.39. The van der Waals surface area contributed by atoms with Gasteiger partial charge >= 0.3 is 0 Å². The first-order chi connectivity index (χ1) is 8.85. The summed E-state index contributed by atoms with van der Waals surface area (Å²) in [7, 11) is 0. The van der Waals surface area contributed by atoms with E-state index in [1.165, 1.54) is 32.1 Å². The van der Waals surface area contributed by atoms with Gasteiger partial charge in [-0.3, -0.25) is 0 Å².